The van der Waals surface area contributed by atoms with E-state index in [4.69, 9.17) is 5.21 Å². The molecule has 1 heterocycles. The van der Waals surface area contributed by atoms with Gasteiger partial charge in [-0.15, -0.1) is 0 Å². The quantitative estimate of drug-likeness (QED) is 0.498. The van der Waals surface area contributed by atoms with Gasteiger partial charge in [0.2, 0.25) is 0 Å². The highest BCUT2D eigenvalue weighted by atomic mass is 16.4. The van der Waals surface area contributed by atoms with E-state index in [0.29, 0.717) is 23.7 Å². The first-order valence-electron chi connectivity index (χ1n) is 5.45. The number of oxime groups is 1. The topological polar surface area (TPSA) is 58.4 Å². The van der Waals surface area contributed by atoms with Gasteiger partial charge in [0.1, 0.15) is 5.71 Å². The molecule has 4 heteroatoms. The molecule has 17 heavy (non-hydrogen) atoms. The van der Waals surface area contributed by atoms with Gasteiger partial charge in [-0.05, 0) is 12.5 Å². The maximum absolute atomic E-state index is 8.87. The number of rotatable bonds is 3. The minimum absolute atomic E-state index is 0.560. The third kappa shape index (κ3) is 2.47. The molecule has 0 unspecified atom stereocenters. The van der Waals surface area contributed by atoms with Crippen LogP contribution in [0.15, 0.2) is 47.8 Å². The number of hydrogen-bond acceptors (Lipinski definition) is 4. The molecule has 0 amide bonds. The van der Waals surface area contributed by atoms with E-state index in [1.165, 1.54) is 0 Å². The van der Waals surface area contributed by atoms with Gasteiger partial charge in [-0.2, -0.15) is 0 Å². The number of aromatic nitrogens is 2. The minimum atomic E-state index is 0.560. The Hall–Kier alpha value is -2.23. The Morgan fingerprint density at radius 2 is 2.00 bits per heavy atom. The Bertz CT molecular complexity index is 523. The summed E-state index contributed by atoms with van der Waals surface area (Å²) < 4.78 is 0. The standard InChI is InChI=1S/C13H13N3O/c1-2-11(16-17)12-8-9-14-13(15-12)10-6-4-3-5-7-10/h3-9,17H,2H2,1H3. The van der Waals surface area contributed by atoms with Crippen molar-refractivity contribution in [2.75, 3.05) is 0 Å². The molecule has 0 aliphatic carbocycles. The third-order valence-corrected chi connectivity index (χ3v) is 2.44. The summed E-state index contributed by atoms with van der Waals surface area (Å²) >= 11 is 0. The van der Waals surface area contributed by atoms with Gasteiger partial charge in [0, 0.05) is 11.8 Å². The van der Waals surface area contributed by atoms with Crippen molar-refractivity contribution < 1.29 is 5.21 Å². The van der Waals surface area contributed by atoms with Crippen molar-refractivity contribution in [3.63, 3.8) is 0 Å². The van der Waals surface area contributed by atoms with Crippen molar-refractivity contribution in [2.45, 2.75) is 13.3 Å². The van der Waals surface area contributed by atoms with Gasteiger partial charge in [0.15, 0.2) is 5.82 Å². The number of nitrogens with zero attached hydrogens (tertiary/aromatic N) is 3. The zero-order valence-electron chi connectivity index (χ0n) is 9.54. The molecule has 0 aliphatic rings. The molecule has 0 spiro atoms. The first kappa shape index (κ1) is 11.3. The molecule has 0 fully saturated rings. The predicted molar refractivity (Wildman–Crippen MR) is 66.1 cm³/mol. The summed E-state index contributed by atoms with van der Waals surface area (Å²) in [7, 11) is 0. The van der Waals surface area contributed by atoms with Crippen LogP contribution in [-0.2, 0) is 0 Å². The largest absolute Gasteiger partial charge is 0.411 e. The second-order valence-electron chi connectivity index (χ2n) is 3.53. The molecular formula is C13H13N3O. The Balaban J connectivity index is 2.42. The molecule has 0 bridgehead atoms. The fourth-order valence-electron chi connectivity index (χ4n) is 1.55. The second-order valence-corrected chi connectivity index (χ2v) is 3.53. The zero-order chi connectivity index (χ0) is 12.1. The molecule has 1 aromatic carbocycles. The molecule has 1 N–H and O–H groups in total. The van der Waals surface area contributed by atoms with Crippen LogP contribution < -0.4 is 0 Å². The van der Waals surface area contributed by atoms with E-state index < -0.39 is 0 Å². The monoisotopic (exact) mass is 227 g/mol. The fourth-order valence-corrected chi connectivity index (χ4v) is 1.55. The molecule has 0 atom stereocenters. The van der Waals surface area contributed by atoms with E-state index in [-0.39, 0.29) is 0 Å². The van der Waals surface area contributed by atoms with Crippen LogP contribution in [0, 0.1) is 0 Å². The van der Waals surface area contributed by atoms with Crippen LogP contribution >= 0.6 is 0 Å². The van der Waals surface area contributed by atoms with Crippen molar-refractivity contribution in [1.82, 2.24) is 9.97 Å². The van der Waals surface area contributed by atoms with Crippen LogP contribution in [0.4, 0.5) is 0 Å². The molecule has 86 valence electrons. The molecule has 2 rings (SSSR count). The smallest absolute Gasteiger partial charge is 0.159 e. The van der Waals surface area contributed by atoms with Gasteiger partial charge < -0.3 is 5.21 Å². The molecule has 4 nitrogen and oxygen atoms in total. The summed E-state index contributed by atoms with van der Waals surface area (Å²) in [5.41, 5.74) is 2.16. The molecule has 0 radical (unpaired) electrons. The SMILES string of the molecule is CCC(=NO)c1ccnc(-c2ccccc2)n1. The van der Waals surface area contributed by atoms with Crippen LogP contribution in [0.25, 0.3) is 11.4 Å². The maximum atomic E-state index is 8.87. The lowest BCUT2D eigenvalue weighted by molar-refractivity contribution is 0.318. The van der Waals surface area contributed by atoms with Crippen molar-refractivity contribution in [3.8, 4) is 11.4 Å². The molecule has 0 saturated heterocycles. The molecule has 2 aromatic rings. The van der Waals surface area contributed by atoms with Crippen LogP contribution in [0.3, 0.4) is 0 Å². The van der Waals surface area contributed by atoms with E-state index in [2.05, 4.69) is 15.1 Å². The van der Waals surface area contributed by atoms with Crippen molar-refractivity contribution in [1.29, 1.82) is 0 Å². The minimum Gasteiger partial charge on any atom is -0.411 e. The summed E-state index contributed by atoms with van der Waals surface area (Å²) in [6.07, 6.45) is 2.30. The second kappa shape index (κ2) is 5.21. The lowest BCUT2D eigenvalue weighted by Gasteiger charge is -2.03. The van der Waals surface area contributed by atoms with Crippen molar-refractivity contribution in [3.05, 3.63) is 48.3 Å². The molecule has 1 aromatic heterocycles. The third-order valence-electron chi connectivity index (χ3n) is 2.44. The molecule has 0 aliphatic heterocycles. The first-order chi connectivity index (χ1) is 8.35. The number of hydrogen-bond donors (Lipinski definition) is 1. The summed E-state index contributed by atoms with van der Waals surface area (Å²) in [5, 5.41) is 12.1. The van der Waals surface area contributed by atoms with Gasteiger partial charge in [-0.3, -0.25) is 0 Å². The summed E-state index contributed by atoms with van der Waals surface area (Å²) in [4.78, 5) is 8.60. The zero-order valence-corrected chi connectivity index (χ0v) is 9.54. The van der Waals surface area contributed by atoms with Gasteiger partial charge >= 0.3 is 0 Å². The Morgan fingerprint density at radius 1 is 1.24 bits per heavy atom. The highest BCUT2D eigenvalue weighted by molar-refractivity contribution is 5.98. The fraction of sp³-hybridized carbons (Fsp3) is 0.154. The normalized spacial score (nSPS) is 11.5. The van der Waals surface area contributed by atoms with Crippen molar-refractivity contribution >= 4 is 5.71 Å². The van der Waals surface area contributed by atoms with E-state index in [0.717, 1.165) is 5.56 Å². The van der Waals surface area contributed by atoms with Crippen LogP contribution in [-0.4, -0.2) is 20.9 Å². The van der Waals surface area contributed by atoms with E-state index in [9.17, 15) is 0 Å². The lowest BCUT2D eigenvalue weighted by Crippen LogP contribution is -2.04. The molecular weight excluding hydrogens is 214 g/mol. The Labute approximate surface area is 99.7 Å². The van der Waals surface area contributed by atoms with Crippen molar-refractivity contribution in [2.24, 2.45) is 5.16 Å². The number of benzene rings is 1. The highest BCUT2D eigenvalue weighted by Crippen LogP contribution is 2.14. The Kier molecular flexibility index (Phi) is 3.45. The average Bonchev–Trinajstić information content (AvgIpc) is 2.42. The summed E-state index contributed by atoms with van der Waals surface area (Å²) in [6, 6.07) is 11.4. The van der Waals surface area contributed by atoms with Gasteiger partial charge in [0.05, 0.1) is 5.69 Å². The van der Waals surface area contributed by atoms with Crippen LogP contribution in [0.1, 0.15) is 19.0 Å². The first-order valence-corrected chi connectivity index (χ1v) is 5.45. The van der Waals surface area contributed by atoms with Gasteiger partial charge in [0.25, 0.3) is 0 Å². The van der Waals surface area contributed by atoms with Gasteiger partial charge in [-0.25, -0.2) is 9.97 Å². The Morgan fingerprint density at radius 3 is 2.65 bits per heavy atom. The summed E-state index contributed by atoms with van der Waals surface area (Å²) in [5.74, 6) is 0.637. The van der Waals surface area contributed by atoms with E-state index in [1.807, 2.05) is 37.3 Å². The highest BCUT2D eigenvalue weighted by Gasteiger charge is 2.06. The molecule has 0 saturated carbocycles. The average molecular weight is 227 g/mol. The van der Waals surface area contributed by atoms with Crippen LogP contribution in [0.5, 0.6) is 0 Å². The van der Waals surface area contributed by atoms with Gasteiger partial charge in [-0.1, -0.05) is 42.4 Å². The predicted octanol–water partition coefficient (Wildman–Crippen LogP) is 2.73. The van der Waals surface area contributed by atoms with E-state index >= 15 is 0 Å². The van der Waals surface area contributed by atoms with E-state index in [1.54, 1.807) is 12.3 Å². The van der Waals surface area contributed by atoms with Crippen LogP contribution in [0.2, 0.25) is 0 Å². The lowest BCUT2D eigenvalue weighted by atomic mass is 10.2. The summed E-state index contributed by atoms with van der Waals surface area (Å²) in [6.45, 7) is 1.92. The maximum Gasteiger partial charge on any atom is 0.159 e.